The van der Waals surface area contributed by atoms with Crippen LogP contribution in [-0.2, 0) is 0 Å². The van der Waals surface area contributed by atoms with Crippen molar-refractivity contribution in [3.63, 3.8) is 0 Å². The molecular formula is C16H20N2O2. The smallest absolute Gasteiger partial charge is 0.230 e. The first-order valence-electron chi connectivity index (χ1n) is 7.19. The molecule has 0 radical (unpaired) electrons. The van der Waals surface area contributed by atoms with E-state index in [1.165, 1.54) is 19.3 Å². The Morgan fingerprint density at radius 3 is 2.70 bits per heavy atom. The number of ether oxygens (including phenoxy) is 1. The van der Waals surface area contributed by atoms with Crippen molar-refractivity contribution < 1.29 is 9.26 Å². The second kappa shape index (κ2) is 5.57. The summed E-state index contributed by atoms with van der Waals surface area (Å²) < 4.78 is 10.7. The molecule has 2 aromatic rings. The predicted molar refractivity (Wildman–Crippen MR) is 78.7 cm³/mol. The van der Waals surface area contributed by atoms with E-state index < -0.39 is 0 Å². The zero-order valence-electron chi connectivity index (χ0n) is 11.8. The molecule has 1 fully saturated rings. The van der Waals surface area contributed by atoms with Crippen molar-refractivity contribution >= 4 is 5.88 Å². The average Bonchev–Trinajstić information content (AvgIpc) is 2.89. The first-order valence-corrected chi connectivity index (χ1v) is 7.19. The highest BCUT2D eigenvalue weighted by Crippen LogP contribution is 2.42. The molecule has 0 aliphatic heterocycles. The number of hydrogen-bond acceptors (Lipinski definition) is 4. The Kier molecular flexibility index (Phi) is 3.63. The molecule has 1 heterocycles. The lowest BCUT2D eigenvalue weighted by atomic mass is 9.84. The number of nitrogens with zero attached hydrogens (tertiary/aromatic N) is 1. The van der Waals surface area contributed by atoms with Crippen LogP contribution in [0.3, 0.4) is 0 Å². The van der Waals surface area contributed by atoms with Crippen molar-refractivity contribution in [3.8, 4) is 16.9 Å². The maximum Gasteiger partial charge on any atom is 0.230 e. The van der Waals surface area contributed by atoms with Crippen LogP contribution in [0.4, 0.5) is 5.88 Å². The van der Waals surface area contributed by atoms with Gasteiger partial charge >= 0.3 is 0 Å². The summed E-state index contributed by atoms with van der Waals surface area (Å²) in [4.78, 5) is 0. The summed E-state index contributed by atoms with van der Waals surface area (Å²) in [5.74, 6) is 1.64. The minimum Gasteiger partial charge on any atom is -0.496 e. The molecule has 1 aromatic heterocycles. The van der Waals surface area contributed by atoms with Gasteiger partial charge in [-0.1, -0.05) is 42.6 Å². The van der Waals surface area contributed by atoms with Crippen LogP contribution >= 0.6 is 0 Å². The van der Waals surface area contributed by atoms with E-state index in [1.807, 2.05) is 24.3 Å². The zero-order valence-corrected chi connectivity index (χ0v) is 11.8. The van der Waals surface area contributed by atoms with Gasteiger partial charge in [-0.15, -0.1) is 0 Å². The van der Waals surface area contributed by atoms with Crippen molar-refractivity contribution in [2.24, 2.45) is 0 Å². The van der Waals surface area contributed by atoms with Crippen molar-refractivity contribution in [1.29, 1.82) is 0 Å². The quantitative estimate of drug-likeness (QED) is 0.918. The molecule has 2 N–H and O–H groups in total. The summed E-state index contributed by atoms with van der Waals surface area (Å²) in [6.45, 7) is 0. The van der Waals surface area contributed by atoms with Gasteiger partial charge in [0.15, 0.2) is 0 Å². The summed E-state index contributed by atoms with van der Waals surface area (Å²) in [6.07, 6.45) is 6.14. The normalized spacial score (nSPS) is 16.2. The van der Waals surface area contributed by atoms with Crippen molar-refractivity contribution in [3.05, 3.63) is 30.0 Å². The third-order valence-corrected chi connectivity index (χ3v) is 4.11. The number of benzene rings is 1. The summed E-state index contributed by atoms with van der Waals surface area (Å²) in [5, 5.41) is 4.24. The predicted octanol–water partition coefficient (Wildman–Crippen LogP) is 3.98. The van der Waals surface area contributed by atoms with E-state index in [4.69, 9.17) is 15.0 Å². The van der Waals surface area contributed by atoms with Crippen LogP contribution in [0.2, 0.25) is 0 Å². The Balaban J connectivity index is 2.06. The maximum atomic E-state index is 6.02. The Bertz CT molecular complexity index is 586. The van der Waals surface area contributed by atoms with Crippen LogP contribution in [0.25, 0.3) is 11.1 Å². The number of rotatable bonds is 3. The monoisotopic (exact) mass is 272 g/mol. The highest BCUT2D eigenvalue weighted by Gasteiger charge is 2.26. The van der Waals surface area contributed by atoms with Crippen molar-refractivity contribution in [2.75, 3.05) is 12.8 Å². The van der Waals surface area contributed by atoms with E-state index >= 15 is 0 Å². The molecule has 1 saturated carbocycles. The van der Waals surface area contributed by atoms with Gasteiger partial charge in [-0.25, -0.2) is 0 Å². The van der Waals surface area contributed by atoms with E-state index in [0.717, 1.165) is 35.4 Å². The number of anilines is 1. The second-order valence-electron chi connectivity index (χ2n) is 5.34. The fourth-order valence-electron chi connectivity index (χ4n) is 3.09. The van der Waals surface area contributed by atoms with E-state index in [-0.39, 0.29) is 0 Å². The molecule has 0 saturated heterocycles. The lowest BCUT2D eigenvalue weighted by Crippen LogP contribution is -2.06. The van der Waals surface area contributed by atoms with E-state index in [2.05, 4.69) is 5.16 Å². The molecule has 3 rings (SSSR count). The molecule has 106 valence electrons. The molecule has 0 atom stereocenters. The van der Waals surface area contributed by atoms with Crippen LogP contribution < -0.4 is 10.5 Å². The number of methoxy groups -OCH3 is 1. The summed E-state index contributed by atoms with van der Waals surface area (Å²) in [5.41, 5.74) is 8.89. The number of para-hydroxylation sites is 1. The van der Waals surface area contributed by atoms with Gasteiger partial charge in [0.25, 0.3) is 0 Å². The molecule has 4 heteroatoms. The molecule has 0 amide bonds. The Morgan fingerprint density at radius 2 is 1.95 bits per heavy atom. The maximum absolute atomic E-state index is 6.02. The number of hydrogen-bond donors (Lipinski definition) is 1. The molecular weight excluding hydrogens is 252 g/mol. The highest BCUT2D eigenvalue weighted by atomic mass is 16.5. The minimum atomic E-state index is 0.384. The fourth-order valence-corrected chi connectivity index (χ4v) is 3.09. The van der Waals surface area contributed by atoms with Gasteiger partial charge in [0.05, 0.1) is 18.4 Å². The van der Waals surface area contributed by atoms with Gasteiger partial charge in [-0.2, -0.15) is 0 Å². The van der Waals surface area contributed by atoms with Gasteiger partial charge in [0.2, 0.25) is 5.88 Å². The van der Waals surface area contributed by atoms with Gasteiger partial charge < -0.3 is 15.0 Å². The number of aromatic nitrogens is 1. The first kappa shape index (κ1) is 13.0. The molecule has 4 nitrogen and oxygen atoms in total. The molecule has 1 aliphatic rings. The van der Waals surface area contributed by atoms with Crippen LogP contribution in [0.15, 0.2) is 28.8 Å². The topological polar surface area (TPSA) is 61.3 Å². The SMILES string of the molecule is COc1ccccc1-c1c(C2CCCCC2)noc1N. The number of nitrogens with two attached hydrogens (primary N) is 1. The van der Waals surface area contributed by atoms with Crippen molar-refractivity contribution in [1.82, 2.24) is 5.16 Å². The van der Waals surface area contributed by atoms with E-state index in [0.29, 0.717) is 11.8 Å². The van der Waals surface area contributed by atoms with Gasteiger partial charge in [-0.05, 0) is 18.9 Å². The Labute approximate surface area is 118 Å². The molecule has 0 unspecified atom stereocenters. The zero-order chi connectivity index (χ0) is 13.9. The minimum absolute atomic E-state index is 0.384. The molecule has 0 bridgehead atoms. The molecule has 1 aromatic carbocycles. The van der Waals surface area contributed by atoms with Crippen molar-refractivity contribution in [2.45, 2.75) is 38.0 Å². The Hall–Kier alpha value is -1.97. The first-order chi connectivity index (χ1) is 9.81. The Morgan fingerprint density at radius 1 is 1.20 bits per heavy atom. The van der Waals surface area contributed by atoms with Crippen LogP contribution in [0.5, 0.6) is 5.75 Å². The standard InChI is InChI=1S/C16H20N2O2/c1-19-13-10-6-5-9-12(13)14-15(18-20-16(14)17)11-7-3-2-4-8-11/h5-6,9-11H,2-4,7-8,17H2,1H3. The molecule has 1 aliphatic carbocycles. The third kappa shape index (κ3) is 2.26. The van der Waals surface area contributed by atoms with Gasteiger partial charge in [-0.3, -0.25) is 0 Å². The third-order valence-electron chi connectivity index (χ3n) is 4.11. The van der Waals surface area contributed by atoms with E-state index in [1.54, 1.807) is 7.11 Å². The number of nitrogen functional groups attached to an aromatic ring is 1. The lowest BCUT2D eigenvalue weighted by molar-refractivity contribution is 0.388. The second-order valence-corrected chi connectivity index (χ2v) is 5.34. The molecule has 20 heavy (non-hydrogen) atoms. The summed E-state index contributed by atoms with van der Waals surface area (Å²) in [6, 6.07) is 7.88. The average molecular weight is 272 g/mol. The van der Waals surface area contributed by atoms with Gasteiger partial charge in [0.1, 0.15) is 5.75 Å². The van der Waals surface area contributed by atoms with E-state index in [9.17, 15) is 0 Å². The van der Waals surface area contributed by atoms with Crippen LogP contribution in [-0.4, -0.2) is 12.3 Å². The lowest BCUT2D eigenvalue weighted by Gasteiger charge is -2.20. The summed E-state index contributed by atoms with van der Waals surface area (Å²) >= 11 is 0. The summed E-state index contributed by atoms with van der Waals surface area (Å²) in [7, 11) is 1.67. The fraction of sp³-hybridized carbons (Fsp3) is 0.438. The molecule has 0 spiro atoms. The highest BCUT2D eigenvalue weighted by molar-refractivity contribution is 5.80. The van der Waals surface area contributed by atoms with Crippen LogP contribution in [0, 0.1) is 0 Å². The van der Waals surface area contributed by atoms with Gasteiger partial charge in [0, 0.05) is 11.5 Å². The largest absolute Gasteiger partial charge is 0.496 e. The van der Waals surface area contributed by atoms with Crippen LogP contribution in [0.1, 0.15) is 43.7 Å².